The lowest BCUT2D eigenvalue weighted by Gasteiger charge is -2.09. The molecule has 0 saturated carbocycles. The molecule has 0 fully saturated rings. The fourth-order valence-corrected chi connectivity index (χ4v) is 1.51. The number of benzene rings is 1. The zero-order chi connectivity index (χ0) is 12.4. The molecular formula is C13H12O4. The Morgan fingerprint density at radius 1 is 1.35 bits per heavy atom. The molecule has 1 unspecified atom stereocenters. The smallest absolute Gasteiger partial charge is 0.341 e. The zero-order valence-corrected chi connectivity index (χ0v) is 9.60. The van der Waals surface area contributed by atoms with E-state index >= 15 is 0 Å². The van der Waals surface area contributed by atoms with Crippen molar-refractivity contribution in [2.75, 3.05) is 0 Å². The maximum absolute atomic E-state index is 11.7. The molecule has 4 nitrogen and oxygen atoms in total. The van der Waals surface area contributed by atoms with Gasteiger partial charge in [0.15, 0.2) is 0 Å². The van der Waals surface area contributed by atoms with Gasteiger partial charge in [0, 0.05) is 11.6 Å². The average Bonchev–Trinajstić information content (AvgIpc) is 2.58. The van der Waals surface area contributed by atoms with E-state index in [2.05, 4.69) is 0 Å². The molecule has 0 radical (unpaired) electrons. The Morgan fingerprint density at radius 2 is 2.12 bits per heavy atom. The lowest BCUT2D eigenvalue weighted by Crippen LogP contribution is -2.17. The second-order valence-electron chi connectivity index (χ2n) is 3.90. The first kappa shape index (κ1) is 11.4. The molecule has 1 aromatic rings. The lowest BCUT2D eigenvalue weighted by atomic mass is 10.1. The number of cyclic esters (lactones) is 1. The van der Waals surface area contributed by atoms with Crippen LogP contribution in [-0.4, -0.2) is 18.2 Å². The molecule has 17 heavy (non-hydrogen) atoms. The summed E-state index contributed by atoms with van der Waals surface area (Å²) in [6.07, 6.45) is 0.575. The summed E-state index contributed by atoms with van der Waals surface area (Å²) in [7, 11) is 0. The van der Waals surface area contributed by atoms with Gasteiger partial charge in [-0.25, -0.2) is 9.59 Å². The molecule has 88 valence electrons. The molecule has 1 aliphatic rings. The topological polar surface area (TPSA) is 52.6 Å². The van der Waals surface area contributed by atoms with Gasteiger partial charge in [-0.1, -0.05) is 17.7 Å². The van der Waals surface area contributed by atoms with Gasteiger partial charge in [-0.15, -0.1) is 0 Å². The molecule has 4 heteroatoms. The molecule has 0 aliphatic carbocycles. The minimum Gasteiger partial charge on any atom is -0.418 e. The molecule has 2 rings (SSSR count). The maximum Gasteiger partial charge on any atom is 0.341 e. The summed E-state index contributed by atoms with van der Waals surface area (Å²) in [6, 6.07) is 7.03. The number of ether oxygens (including phenoxy) is 2. The van der Waals surface area contributed by atoms with Gasteiger partial charge in [0.1, 0.15) is 0 Å². The number of carbonyl (C=O) groups is 2. The molecule has 0 spiro atoms. The van der Waals surface area contributed by atoms with Crippen LogP contribution in [-0.2, 0) is 14.3 Å². The first-order chi connectivity index (χ1) is 8.06. The van der Waals surface area contributed by atoms with E-state index in [1.165, 1.54) is 6.08 Å². The van der Waals surface area contributed by atoms with Crippen molar-refractivity contribution in [2.24, 2.45) is 0 Å². The number of hydrogen-bond acceptors (Lipinski definition) is 4. The van der Waals surface area contributed by atoms with Gasteiger partial charge in [0.2, 0.25) is 0 Å². The van der Waals surface area contributed by atoms with E-state index in [0.29, 0.717) is 11.1 Å². The molecule has 1 atom stereocenters. The molecular weight excluding hydrogens is 220 g/mol. The predicted molar refractivity (Wildman–Crippen MR) is 60.2 cm³/mol. The molecule has 0 amide bonds. The first-order valence-corrected chi connectivity index (χ1v) is 5.23. The van der Waals surface area contributed by atoms with E-state index in [1.807, 2.05) is 13.0 Å². The van der Waals surface area contributed by atoms with Crippen molar-refractivity contribution >= 4 is 11.9 Å². The van der Waals surface area contributed by atoms with Crippen molar-refractivity contribution in [3.05, 3.63) is 47.0 Å². The summed E-state index contributed by atoms with van der Waals surface area (Å²) in [6.45, 7) is 3.50. The van der Waals surface area contributed by atoms with Gasteiger partial charge in [-0.05, 0) is 26.0 Å². The minimum absolute atomic E-state index is 0.444. The summed E-state index contributed by atoms with van der Waals surface area (Å²) >= 11 is 0. The Labute approximate surface area is 98.8 Å². The van der Waals surface area contributed by atoms with Gasteiger partial charge in [-0.3, -0.25) is 0 Å². The van der Waals surface area contributed by atoms with Crippen molar-refractivity contribution in [1.29, 1.82) is 0 Å². The first-order valence-electron chi connectivity index (χ1n) is 5.23. The van der Waals surface area contributed by atoms with E-state index < -0.39 is 18.2 Å². The molecule has 1 heterocycles. The monoisotopic (exact) mass is 232 g/mol. The van der Waals surface area contributed by atoms with Crippen LogP contribution in [0.25, 0.3) is 0 Å². The van der Waals surface area contributed by atoms with Crippen LogP contribution in [0, 0.1) is 6.92 Å². The largest absolute Gasteiger partial charge is 0.418 e. The lowest BCUT2D eigenvalue weighted by molar-refractivity contribution is -0.151. The third-order valence-electron chi connectivity index (χ3n) is 2.41. The van der Waals surface area contributed by atoms with Crippen LogP contribution in [0.2, 0.25) is 0 Å². The maximum atomic E-state index is 11.7. The van der Waals surface area contributed by atoms with Crippen LogP contribution in [0.5, 0.6) is 0 Å². The van der Waals surface area contributed by atoms with E-state index in [1.54, 1.807) is 25.1 Å². The van der Waals surface area contributed by atoms with Crippen LogP contribution in [0.1, 0.15) is 22.8 Å². The highest BCUT2D eigenvalue weighted by Crippen LogP contribution is 2.16. The SMILES string of the molecule is CC1=CC(OC(=O)c2cccc(C)c2)OC1=O. The molecule has 0 bridgehead atoms. The van der Waals surface area contributed by atoms with Crippen molar-refractivity contribution in [3.8, 4) is 0 Å². The van der Waals surface area contributed by atoms with Crippen LogP contribution < -0.4 is 0 Å². The van der Waals surface area contributed by atoms with Gasteiger partial charge in [-0.2, -0.15) is 0 Å². The highest BCUT2D eigenvalue weighted by atomic mass is 16.7. The van der Waals surface area contributed by atoms with Crippen LogP contribution in [0.15, 0.2) is 35.9 Å². The Kier molecular flexibility index (Phi) is 2.95. The van der Waals surface area contributed by atoms with Crippen molar-refractivity contribution in [2.45, 2.75) is 20.1 Å². The third kappa shape index (κ3) is 2.53. The molecule has 0 aromatic heterocycles. The Morgan fingerprint density at radius 3 is 2.71 bits per heavy atom. The summed E-state index contributed by atoms with van der Waals surface area (Å²) in [5.41, 5.74) is 1.86. The number of carbonyl (C=O) groups excluding carboxylic acids is 2. The fraction of sp³-hybridized carbons (Fsp3) is 0.231. The van der Waals surface area contributed by atoms with Crippen LogP contribution in [0.4, 0.5) is 0 Å². The Bertz CT molecular complexity index is 502. The van der Waals surface area contributed by atoms with E-state index in [4.69, 9.17) is 9.47 Å². The second kappa shape index (κ2) is 4.41. The van der Waals surface area contributed by atoms with Crippen molar-refractivity contribution in [3.63, 3.8) is 0 Å². The van der Waals surface area contributed by atoms with Crippen molar-refractivity contribution < 1.29 is 19.1 Å². The highest BCUT2D eigenvalue weighted by Gasteiger charge is 2.25. The molecule has 1 aliphatic heterocycles. The Hall–Kier alpha value is -2.10. The van der Waals surface area contributed by atoms with E-state index in [9.17, 15) is 9.59 Å². The molecule has 1 aromatic carbocycles. The average molecular weight is 232 g/mol. The predicted octanol–water partition coefficient (Wildman–Crippen LogP) is 1.98. The fourth-order valence-electron chi connectivity index (χ4n) is 1.51. The molecule has 0 saturated heterocycles. The van der Waals surface area contributed by atoms with Gasteiger partial charge in [0.25, 0.3) is 6.29 Å². The number of esters is 2. The van der Waals surface area contributed by atoms with Crippen LogP contribution >= 0.6 is 0 Å². The normalized spacial score (nSPS) is 18.6. The highest BCUT2D eigenvalue weighted by molar-refractivity contribution is 5.92. The van der Waals surface area contributed by atoms with Crippen molar-refractivity contribution in [1.82, 2.24) is 0 Å². The third-order valence-corrected chi connectivity index (χ3v) is 2.41. The standard InChI is InChI=1S/C13H12O4/c1-8-4-3-5-10(6-8)13(15)17-11-7-9(2)12(14)16-11/h3-7,11H,1-2H3. The number of hydrogen-bond donors (Lipinski definition) is 0. The summed E-state index contributed by atoms with van der Waals surface area (Å²) in [5.74, 6) is -0.954. The van der Waals surface area contributed by atoms with Gasteiger partial charge in [0.05, 0.1) is 5.56 Å². The zero-order valence-electron chi connectivity index (χ0n) is 9.60. The van der Waals surface area contributed by atoms with Gasteiger partial charge < -0.3 is 9.47 Å². The quantitative estimate of drug-likeness (QED) is 0.731. The minimum atomic E-state index is -0.907. The summed E-state index contributed by atoms with van der Waals surface area (Å²) in [5, 5.41) is 0. The summed E-state index contributed by atoms with van der Waals surface area (Å²) < 4.78 is 9.86. The number of rotatable bonds is 2. The van der Waals surface area contributed by atoms with Gasteiger partial charge >= 0.3 is 11.9 Å². The van der Waals surface area contributed by atoms with Crippen LogP contribution in [0.3, 0.4) is 0 Å². The molecule has 0 N–H and O–H groups in total. The van der Waals surface area contributed by atoms with E-state index in [-0.39, 0.29) is 0 Å². The summed E-state index contributed by atoms with van der Waals surface area (Å²) in [4.78, 5) is 22.8. The second-order valence-corrected chi connectivity index (χ2v) is 3.90. The number of aryl methyl sites for hydroxylation is 1. The van der Waals surface area contributed by atoms with E-state index in [0.717, 1.165) is 5.56 Å². The Balaban J connectivity index is 2.06.